The molecule has 0 bridgehead atoms. The number of nitrogens with zero attached hydrogens (tertiary/aromatic N) is 2. The average molecular weight is 265 g/mol. The molecule has 1 aromatic rings. The lowest BCUT2D eigenvalue weighted by Gasteiger charge is -2.20. The molecule has 96 valence electrons. The summed E-state index contributed by atoms with van der Waals surface area (Å²) in [5.41, 5.74) is 1.59. The second kappa shape index (κ2) is 4.19. The van der Waals surface area contributed by atoms with Crippen LogP contribution in [0.5, 0.6) is 0 Å². The van der Waals surface area contributed by atoms with Crippen LogP contribution in [0.25, 0.3) is 0 Å². The van der Waals surface area contributed by atoms with Crippen molar-refractivity contribution in [2.24, 2.45) is 0 Å². The van der Waals surface area contributed by atoms with Crippen LogP contribution < -0.4 is 5.09 Å². The number of rotatable bonds is 4. The van der Waals surface area contributed by atoms with Gasteiger partial charge in [0.05, 0.1) is 0 Å². The Labute approximate surface area is 106 Å². The number of carbonyl (C=O) groups is 1. The molecule has 18 heavy (non-hydrogen) atoms. The Kier molecular flexibility index (Phi) is 2.77. The Balaban J connectivity index is 1.79. The largest absolute Gasteiger partial charge is 0.311 e. The van der Waals surface area contributed by atoms with Gasteiger partial charge in [0, 0.05) is 31.7 Å². The van der Waals surface area contributed by atoms with E-state index in [0.717, 1.165) is 31.7 Å². The van der Waals surface area contributed by atoms with Gasteiger partial charge in [0.1, 0.15) is 0 Å². The maximum absolute atomic E-state index is 12.7. The van der Waals surface area contributed by atoms with Crippen molar-refractivity contribution in [3.8, 4) is 0 Å². The molecule has 6 heteroatoms. The zero-order chi connectivity index (χ0) is 12.8. The summed E-state index contributed by atoms with van der Waals surface area (Å²) in [4.78, 5) is 12.1. The summed E-state index contributed by atoms with van der Waals surface area (Å²) < 4.78 is 16.4. The highest BCUT2D eigenvalue weighted by Crippen LogP contribution is 2.56. The van der Waals surface area contributed by atoms with Gasteiger partial charge in [-0.1, -0.05) is 17.7 Å². The monoisotopic (exact) mass is 265 g/mol. The van der Waals surface area contributed by atoms with Crippen LogP contribution in [0.2, 0.25) is 0 Å². The molecule has 2 aliphatic heterocycles. The standard InChI is InChI=1S/C12H16N3O2P/c1-10-3-2-4-11(9-10)12(16)13-18(17,14-5-6-14)15-7-8-15/h2-4,9H,5-8H2,1H3,(H,13,16,17). The molecule has 0 aliphatic carbocycles. The molecule has 0 atom stereocenters. The summed E-state index contributed by atoms with van der Waals surface area (Å²) in [5, 5.41) is 2.73. The van der Waals surface area contributed by atoms with E-state index >= 15 is 0 Å². The van der Waals surface area contributed by atoms with Crippen LogP contribution in [0.4, 0.5) is 0 Å². The summed E-state index contributed by atoms with van der Waals surface area (Å²) in [6.07, 6.45) is 0. The molecule has 0 spiro atoms. The fraction of sp³-hybridized carbons (Fsp3) is 0.417. The molecule has 1 aromatic carbocycles. The second-order valence-electron chi connectivity index (χ2n) is 4.76. The second-order valence-corrected chi connectivity index (χ2v) is 7.20. The molecular formula is C12H16N3O2P. The predicted octanol–water partition coefficient (Wildman–Crippen LogP) is 1.46. The molecular weight excluding hydrogens is 249 g/mol. The van der Waals surface area contributed by atoms with Gasteiger partial charge in [0.2, 0.25) is 0 Å². The molecule has 2 aliphatic rings. The molecule has 2 heterocycles. The SMILES string of the molecule is Cc1cccc(C(=O)NP(=O)(N2CC2)N2CC2)c1. The number of amides is 1. The van der Waals surface area contributed by atoms with Gasteiger partial charge in [0.25, 0.3) is 5.91 Å². The highest BCUT2D eigenvalue weighted by molar-refractivity contribution is 7.58. The molecule has 1 N–H and O–H groups in total. The van der Waals surface area contributed by atoms with Crippen molar-refractivity contribution >= 4 is 13.5 Å². The van der Waals surface area contributed by atoms with Crippen molar-refractivity contribution in [1.29, 1.82) is 0 Å². The summed E-state index contributed by atoms with van der Waals surface area (Å²) >= 11 is 0. The first-order valence-electron chi connectivity index (χ1n) is 6.10. The van der Waals surface area contributed by atoms with Crippen LogP contribution in [0.3, 0.4) is 0 Å². The Morgan fingerprint density at radius 2 is 1.83 bits per heavy atom. The summed E-state index contributed by atoms with van der Waals surface area (Å²) in [6.45, 7) is 5.17. The highest BCUT2D eigenvalue weighted by atomic mass is 31.2. The fourth-order valence-corrected chi connectivity index (χ4v) is 4.23. The van der Waals surface area contributed by atoms with E-state index in [1.165, 1.54) is 0 Å². The number of nitrogens with one attached hydrogen (secondary N) is 1. The zero-order valence-electron chi connectivity index (χ0n) is 10.3. The van der Waals surface area contributed by atoms with E-state index in [2.05, 4.69) is 5.09 Å². The van der Waals surface area contributed by atoms with Crippen LogP contribution in [0.15, 0.2) is 24.3 Å². The molecule has 3 rings (SSSR count). The van der Waals surface area contributed by atoms with Crippen molar-refractivity contribution in [1.82, 2.24) is 14.4 Å². The fourth-order valence-electron chi connectivity index (χ4n) is 1.94. The predicted molar refractivity (Wildman–Crippen MR) is 69.4 cm³/mol. The number of carbonyl (C=O) groups excluding carboxylic acids is 1. The zero-order valence-corrected chi connectivity index (χ0v) is 11.2. The third kappa shape index (κ3) is 2.21. The minimum atomic E-state index is -2.81. The van der Waals surface area contributed by atoms with Gasteiger partial charge in [-0.15, -0.1) is 0 Å². The first-order valence-corrected chi connectivity index (χ1v) is 7.71. The number of hydrogen-bond acceptors (Lipinski definition) is 2. The maximum atomic E-state index is 12.7. The van der Waals surface area contributed by atoms with Crippen molar-refractivity contribution < 1.29 is 9.36 Å². The van der Waals surface area contributed by atoms with Crippen LogP contribution in [0, 0.1) is 6.92 Å². The summed E-state index contributed by atoms with van der Waals surface area (Å²) in [7, 11) is -2.81. The molecule has 5 nitrogen and oxygen atoms in total. The van der Waals surface area contributed by atoms with Crippen LogP contribution in [-0.4, -0.2) is 41.4 Å². The van der Waals surface area contributed by atoms with E-state index in [1.807, 2.05) is 34.5 Å². The van der Waals surface area contributed by atoms with Gasteiger partial charge in [0.15, 0.2) is 0 Å². The summed E-state index contributed by atoms with van der Waals surface area (Å²) in [6, 6.07) is 7.33. The van der Waals surface area contributed by atoms with Gasteiger partial charge in [-0.3, -0.25) is 14.4 Å². The van der Waals surface area contributed by atoms with Gasteiger partial charge in [-0.25, -0.2) is 9.34 Å². The van der Waals surface area contributed by atoms with Crippen molar-refractivity contribution in [2.45, 2.75) is 6.92 Å². The smallest absolute Gasteiger partial charge is 0.279 e. The topological polar surface area (TPSA) is 52.2 Å². The third-order valence-corrected chi connectivity index (χ3v) is 5.97. The molecule has 0 aromatic heterocycles. The Bertz CT molecular complexity index is 522. The van der Waals surface area contributed by atoms with E-state index in [0.29, 0.717) is 5.56 Å². The molecule has 0 unspecified atom stereocenters. The van der Waals surface area contributed by atoms with E-state index in [-0.39, 0.29) is 5.91 Å². The van der Waals surface area contributed by atoms with E-state index in [1.54, 1.807) is 6.07 Å². The highest BCUT2D eigenvalue weighted by Gasteiger charge is 2.49. The minimum Gasteiger partial charge on any atom is -0.279 e. The minimum absolute atomic E-state index is 0.249. The van der Waals surface area contributed by atoms with Crippen LogP contribution in [-0.2, 0) is 4.57 Å². The lowest BCUT2D eigenvalue weighted by atomic mass is 10.1. The van der Waals surface area contributed by atoms with Gasteiger partial charge in [-0.05, 0) is 19.1 Å². The van der Waals surface area contributed by atoms with E-state index < -0.39 is 7.59 Å². The quantitative estimate of drug-likeness (QED) is 0.661. The molecule has 1 amide bonds. The Morgan fingerprint density at radius 3 is 2.33 bits per heavy atom. The maximum Gasteiger partial charge on any atom is 0.311 e. The normalized spacial score (nSPS) is 19.6. The Morgan fingerprint density at radius 1 is 1.22 bits per heavy atom. The van der Waals surface area contributed by atoms with Crippen LogP contribution in [0.1, 0.15) is 15.9 Å². The lowest BCUT2D eigenvalue weighted by molar-refractivity contribution is 0.0977. The summed E-state index contributed by atoms with van der Waals surface area (Å²) in [5.74, 6) is -0.249. The van der Waals surface area contributed by atoms with Gasteiger partial charge < -0.3 is 0 Å². The third-order valence-electron chi connectivity index (χ3n) is 3.14. The Hall–Kier alpha value is -1.16. The molecule has 0 saturated carbocycles. The number of aryl methyl sites for hydroxylation is 1. The first kappa shape index (κ1) is 11.9. The van der Waals surface area contributed by atoms with E-state index in [9.17, 15) is 9.36 Å². The molecule has 2 fully saturated rings. The van der Waals surface area contributed by atoms with Crippen LogP contribution >= 0.6 is 7.59 Å². The van der Waals surface area contributed by atoms with E-state index in [4.69, 9.17) is 0 Å². The molecule has 2 saturated heterocycles. The van der Waals surface area contributed by atoms with Crippen molar-refractivity contribution in [3.05, 3.63) is 35.4 Å². The number of hydrogen-bond donors (Lipinski definition) is 1. The van der Waals surface area contributed by atoms with Crippen molar-refractivity contribution in [3.63, 3.8) is 0 Å². The molecule has 0 radical (unpaired) electrons. The lowest BCUT2D eigenvalue weighted by Crippen LogP contribution is -2.27. The van der Waals surface area contributed by atoms with Crippen molar-refractivity contribution in [2.75, 3.05) is 26.2 Å². The average Bonchev–Trinajstić information content (AvgIpc) is 3.19. The van der Waals surface area contributed by atoms with Gasteiger partial charge in [-0.2, -0.15) is 0 Å². The first-order chi connectivity index (χ1) is 8.59. The number of benzene rings is 1. The van der Waals surface area contributed by atoms with Gasteiger partial charge >= 0.3 is 7.59 Å².